The zero-order chi connectivity index (χ0) is 21.0. The molecular weight excluding hydrogens is 390 g/mol. The molecule has 6 nitrogen and oxygen atoms in total. The van der Waals surface area contributed by atoms with E-state index in [1.807, 2.05) is 53.6 Å². The molecule has 2 aliphatic rings. The van der Waals surface area contributed by atoms with Crippen LogP contribution in [-0.2, 0) is 11.3 Å². The normalized spacial score (nSPS) is 18.1. The Morgan fingerprint density at radius 1 is 1.13 bits per heavy atom. The minimum Gasteiger partial charge on any atom is -0.493 e. The first-order valence-electron chi connectivity index (χ1n) is 11.0. The van der Waals surface area contributed by atoms with E-state index in [2.05, 4.69) is 17.2 Å². The van der Waals surface area contributed by atoms with E-state index in [4.69, 9.17) is 9.47 Å². The lowest BCUT2D eigenvalue weighted by Crippen LogP contribution is -2.32. The highest BCUT2D eigenvalue weighted by atomic mass is 16.5. The first-order chi connectivity index (χ1) is 15.3. The minimum absolute atomic E-state index is 0.0731. The van der Waals surface area contributed by atoms with Gasteiger partial charge in [0.2, 0.25) is 0 Å². The number of aromatic nitrogens is 2. The molecule has 160 valence electrons. The third-order valence-corrected chi connectivity index (χ3v) is 5.89. The summed E-state index contributed by atoms with van der Waals surface area (Å²) in [6, 6.07) is 18.0. The molecule has 0 spiro atoms. The molecule has 0 radical (unpaired) electrons. The molecule has 1 atom stereocenters. The summed E-state index contributed by atoms with van der Waals surface area (Å²) in [5, 5.41) is 4.24. The van der Waals surface area contributed by atoms with E-state index in [1.165, 1.54) is 0 Å². The van der Waals surface area contributed by atoms with Gasteiger partial charge in [0.05, 0.1) is 18.9 Å². The highest BCUT2D eigenvalue weighted by Crippen LogP contribution is 2.30. The van der Waals surface area contributed by atoms with Gasteiger partial charge in [-0.3, -0.25) is 4.79 Å². The summed E-state index contributed by atoms with van der Waals surface area (Å²) >= 11 is 0. The van der Waals surface area contributed by atoms with Crippen LogP contribution in [0, 0.1) is 5.92 Å². The van der Waals surface area contributed by atoms with Gasteiger partial charge in [0.25, 0.3) is 5.91 Å². The van der Waals surface area contributed by atoms with E-state index in [1.54, 1.807) is 10.9 Å². The third kappa shape index (κ3) is 4.80. The number of rotatable bonds is 8. The molecule has 6 heteroatoms. The monoisotopic (exact) mass is 417 g/mol. The van der Waals surface area contributed by atoms with Crippen LogP contribution in [-0.4, -0.2) is 46.5 Å². The highest BCUT2D eigenvalue weighted by molar-refractivity contribution is 5.94. The Labute approximate surface area is 182 Å². The average molecular weight is 418 g/mol. The summed E-state index contributed by atoms with van der Waals surface area (Å²) < 4.78 is 13.2. The van der Waals surface area contributed by atoms with Crippen molar-refractivity contribution in [3.8, 4) is 11.4 Å². The van der Waals surface area contributed by atoms with Crippen molar-refractivity contribution in [3.63, 3.8) is 0 Å². The Morgan fingerprint density at radius 2 is 2.00 bits per heavy atom. The van der Waals surface area contributed by atoms with Gasteiger partial charge in [0.15, 0.2) is 0 Å². The smallest absolute Gasteiger partial charge is 0.254 e. The Bertz CT molecular complexity index is 1010. The van der Waals surface area contributed by atoms with Gasteiger partial charge in [-0.15, -0.1) is 0 Å². The van der Waals surface area contributed by atoms with Crippen LogP contribution in [0.25, 0.3) is 5.69 Å². The Hall–Kier alpha value is -3.12. The van der Waals surface area contributed by atoms with Crippen molar-refractivity contribution < 1.29 is 14.3 Å². The van der Waals surface area contributed by atoms with Crippen molar-refractivity contribution in [3.05, 3.63) is 78.1 Å². The van der Waals surface area contributed by atoms with E-state index in [0.29, 0.717) is 30.7 Å². The zero-order valence-corrected chi connectivity index (χ0v) is 17.5. The molecule has 2 heterocycles. The highest BCUT2D eigenvalue weighted by Gasteiger charge is 2.33. The van der Waals surface area contributed by atoms with Gasteiger partial charge in [0, 0.05) is 43.1 Å². The first kappa shape index (κ1) is 19.8. The maximum Gasteiger partial charge on any atom is 0.254 e. The largest absolute Gasteiger partial charge is 0.493 e. The van der Waals surface area contributed by atoms with E-state index in [9.17, 15) is 4.79 Å². The fourth-order valence-corrected chi connectivity index (χ4v) is 3.96. The Balaban J connectivity index is 1.26. The second kappa shape index (κ2) is 8.94. The topological polar surface area (TPSA) is 56.6 Å². The Kier molecular flexibility index (Phi) is 5.71. The van der Waals surface area contributed by atoms with Crippen molar-refractivity contribution in [2.45, 2.75) is 31.8 Å². The molecule has 0 bridgehead atoms. The van der Waals surface area contributed by atoms with Crippen LogP contribution in [0.3, 0.4) is 0 Å². The number of carbonyl (C=O) groups excluding carboxylic acids is 1. The van der Waals surface area contributed by atoms with Crippen LogP contribution in [0.4, 0.5) is 0 Å². The average Bonchev–Trinajstić information content (AvgIpc) is 3.26. The summed E-state index contributed by atoms with van der Waals surface area (Å²) in [5.41, 5.74) is 2.74. The molecule has 3 aromatic rings. The fourth-order valence-electron chi connectivity index (χ4n) is 3.96. The van der Waals surface area contributed by atoms with Gasteiger partial charge in [0.1, 0.15) is 5.75 Å². The second-order valence-electron chi connectivity index (χ2n) is 8.35. The molecule has 0 N–H and O–H groups in total. The molecule has 31 heavy (non-hydrogen) atoms. The lowest BCUT2D eigenvalue weighted by atomic mass is 10.1. The number of carbonyl (C=O) groups is 1. The van der Waals surface area contributed by atoms with Crippen LogP contribution >= 0.6 is 0 Å². The van der Waals surface area contributed by atoms with E-state index in [-0.39, 0.29) is 5.91 Å². The predicted molar refractivity (Wildman–Crippen MR) is 117 cm³/mol. The molecule has 2 fully saturated rings. The standard InChI is InChI=1S/C25H27N3O3/c29-25(21-5-7-23(8-6-21)28-13-2-12-26-28)27(22-9-10-22)16-19-3-1-4-24(15-19)31-18-20-11-14-30-17-20/h1-8,12-13,15,20,22H,9-11,14,16-18H2/t20-/m0/s1. The molecule has 1 aliphatic carbocycles. The van der Waals surface area contributed by atoms with E-state index >= 15 is 0 Å². The van der Waals surface area contributed by atoms with Crippen LogP contribution in [0.15, 0.2) is 67.0 Å². The number of benzene rings is 2. The summed E-state index contributed by atoms with van der Waals surface area (Å²) in [5.74, 6) is 1.40. The minimum atomic E-state index is 0.0731. The molecule has 0 unspecified atom stereocenters. The molecular formula is C25H27N3O3. The quantitative estimate of drug-likeness (QED) is 0.554. The second-order valence-corrected chi connectivity index (χ2v) is 8.35. The number of hydrogen-bond donors (Lipinski definition) is 0. The maximum absolute atomic E-state index is 13.3. The van der Waals surface area contributed by atoms with Crippen LogP contribution in [0.2, 0.25) is 0 Å². The predicted octanol–water partition coefficient (Wildman–Crippen LogP) is 4.09. The van der Waals surface area contributed by atoms with Crippen molar-refractivity contribution in [1.82, 2.24) is 14.7 Å². The summed E-state index contributed by atoms with van der Waals surface area (Å²) in [6.45, 7) is 2.88. The number of nitrogens with zero attached hydrogens (tertiary/aromatic N) is 3. The van der Waals surface area contributed by atoms with Gasteiger partial charge in [-0.05, 0) is 67.3 Å². The number of amides is 1. The van der Waals surface area contributed by atoms with Crippen LogP contribution < -0.4 is 4.74 Å². The maximum atomic E-state index is 13.3. The van der Waals surface area contributed by atoms with Gasteiger partial charge in [-0.1, -0.05) is 12.1 Å². The summed E-state index contributed by atoms with van der Waals surface area (Å²) in [6.07, 6.45) is 6.82. The molecule has 2 aromatic carbocycles. The molecule has 5 rings (SSSR count). The number of hydrogen-bond acceptors (Lipinski definition) is 4. The molecule has 1 saturated heterocycles. The lowest BCUT2D eigenvalue weighted by molar-refractivity contribution is 0.0729. The molecule has 1 aromatic heterocycles. The third-order valence-electron chi connectivity index (χ3n) is 5.89. The molecule has 1 aliphatic heterocycles. The lowest BCUT2D eigenvalue weighted by Gasteiger charge is -2.23. The van der Waals surface area contributed by atoms with Crippen molar-refractivity contribution in [2.75, 3.05) is 19.8 Å². The van der Waals surface area contributed by atoms with Crippen LogP contribution in [0.5, 0.6) is 5.75 Å². The number of ether oxygens (including phenoxy) is 2. The van der Waals surface area contributed by atoms with Crippen molar-refractivity contribution in [2.24, 2.45) is 5.92 Å². The summed E-state index contributed by atoms with van der Waals surface area (Å²) in [7, 11) is 0. The van der Waals surface area contributed by atoms with E-state index in [0.717, 1.165) is 49.5 Å². The fraction of sp³-hybridized carbons (Fsp3) is 0.360. The van der Waals surface area contributed by atoms with Gasteiger partial charge >= 0.3 is 0 Å². The van der Waals surface area contributed by atoms with Gasteiger partial charge < -0.3 is 14.4 Å². The SMILES string of the molecule is O=C(c1ccc(-n2cccn2)cc1)N(Cc1cccc(OC[C@H]2CCOC2)c1)C1CC1. The molecule has 1 amide bonds. The first-order valence-corrected chi connectivity index (χ1v) is 11.0. The van der Waals surface area contributed by atoms with E-state index < -0.39 is 0 Å². The van der Waals surface area contributed by atoms with Gasteiger partial charge in [-0.25, -0.2) is 4.68 Å². The van der Waals surface area contributed by atoms with Crippen LogP contribution in [0.1, 0.15) is 35.2 Å². The molecule has 1 saturated carbocycles. The van der Waals surface area contributed by atoms with Gasteiger partial charge in [-0.2, -0.15) is 5.10 Å². The zero-order valence-electron chi connectivity index (χ0n) is 17.5. The Morgan fingerprint density at radius 3 is 2.71 bits per heavy atom. The van der Waals surface area contributed by atoms with Crippen molar-refractivity contribution in [1.29, 1.82) is 0 Å². The van der Waals surface area contributed by atoms with Crippen molar-refractivity contribution >= 4 is 5.91 Å². The summed E-state index contributed by atoms with van der Waals surface area (Å²) in [4.78, 5) is 15.3.